The molecule has 1 atom stereocenters. The van der Waals surface area contributed by atoms with Crippen LogP contribution in [-0.2, 0) is 14.3 Å². The van der Waals surface area contributed by atoms with Crippen molar-refractivity contribution < 1.29 is 24.2 Å². The number of carboxylic acid groups (broad SMARTS) is 1. The summed E-state index contributed by atoms with van der Waals surface area (Å²) >= 11 is 1.35. The molecule has 0 radical (unpaired) electrons. The number of carboxylic acids is 1. The molecule has 8 heteroatoms. The molecule has 0 spiro atoms. The predicted octanol–water partition coefficient (Wildman–Crippen LogP) is 3.72. The number of hydrogen-bond acceptors (Lipinski definition) is 5. The summed E-state index contributed by atoms with van der Waals surface area (Å²) in [7, 11) is 0. The van der Waals surface area contributed by atoms with Crippen molar-refractivity contribution >= 4 is 29.7 Å². The van der Waals surface area contributed by atoms with Gasteiger partial charge in [-0.15, -0.1) is 11.8 Å². The van der Waals surface area contributed by atoms with Crippen molar-refractivity contribution in [2.75, 3.05) is 25.4 Å². The molecule has 0 aromatic heterocycles. The van der Waals surface area contributed by atoms with Crippen LogP contribution in [0.2, 0.25) is 0 Å². The Hall–Kier alpha value is -3.00. The first-order valence-electron chi connectivity index (χ1n) is 11.0. The predicted molar refractivity (Wildman–Crippen MR) is 127 cm³/mol. The standard InChI is InChI=1S/C25H28N2O5S/c1-25(2,13-22(28)27-11-12-33-21(14-27)23(29)30)26-24(31)32-15-20-18-9-5-3-7-16(18)17-8-4-6-10-19(17)20/h3-10,20-21H,11-15H2,1-2H3,(H,26,31)(H,29,30). The lowest BCUT2D eigenvalue weighted by atomic mass is 9.98. The van der Waals surface area contributed by atoms with Gasteiger partial charge in [-0.05, 0) is 36.1 Å². The fourth-order valence-corrected chi connectivity index (χ4v) is 5.51. The number of benzene rings is 2. The van der Waals surface area contributed by atoms with E-state index in [9.17, 15) is 19.5 Å². The second kappa shape index (κ2) is 9.47. The number of carbonyl (C=O) groups excluding carboxylic acids is 2. The quantitative estimate of drug-likeness (QED) is 0.671. The van der Waals surface area contributed by atoms with Crippen molar-refractivity contribution in [3.63, 3.8) is 0 Å². The molecule has 2 N–H and O–H groups in total. The Morgan fingerprint density at radius 1 is 1.09 bits per heavy atom. The van der Waals surface area contributed by atoms with Gasteiger partial charge in [-0.3, -0.25) is 9.59 Å². The van der Waals surface area contributed by atoms with E-state index in [1.54, 1.807) is 18.7 Å². The van der Waals surface area contributed by atoms with Gasteiger partial charge in [0.25, 0.3) is 0 Å². The Morgan fingerprint density at radius 3 is 2.30 bits per heavy atom. The van der Waals surface area contributed by atoms with E-state index in [-0.39, 0.29) is 31.4 Å². The lowest BCUT2D eigenvalue weighted by Gasteiger charge is -2.33. The Morgan fingerprint density at radius 2 is 1.70 bits per heavy atom. The molecule has 33 heavy (non-hydrogen) atoms. The van der Waals surface area contributed by atoms with Crippen molar-refractivity contribution in [3.05, 3.63) is 59.7 Å². The van der Waals surface area contributed by atoms with Crippen molar-refractivity contribution in [3.8, 4) is 11.1 Å². The molecule has 2 aromatic rings. The number of fused-ring (bicyclic) bond motifs is 3. The zero-order valence-electron chi connectivity index (χ0n) is 18.7. The minimum atomic E-state index is -0.909. The number of ether oxygens (including phenoxy) is 1. The third-order valence-corrected chi connectivity index (χ3v) is 7.24. The third-order valence-electron chi connectivity index (χ3n) is 6.07. The molecule has 4 rings (SSSR count). The van der Waals surface area contributed by atoms with Crippen LogP contribution in [0.15, 0.2) is 48.5 Å². The number of aliphatic carboxylic acids is 1. The van der Waals surface area contributed by atoms with E-state index in [4.69, 9.17) is 4.74 Å². The normalized spacial score (nSPS) is 17.8. The first kappa shape index (κ1) is 23.2. The van der Waals surface area contributed by atoms with Crippen LogP contribution >= 0.6 is 11.8 Å². The van der Waals surface area contributed by atoms with Crippen LogP contribution in [0.25, 0.3) is 11.1 Å². The molecule has 1 unspecified atom stereocenters. The lowest BCUT2D eigenvalue weighted by molar-refractivity contribution is -0.138. The molecule has 7 nitrogen and oxygen atoms in total. The van der Waals surface area contributed by atoms with Crippen molar-refractivity contribution in [1.29, 1.82) is 0 Å². The summed E-state index contributed by atoms with van der Waals surface area (Å²) in [6.07, 6.45) is -0.513. The van der Waals surface area contributed by atoms with E-state index in [0.29, 0.717) is 12.3 Å². The van der Waals surface area contributed by atoms with Gasteiger partial charge >= 0.3 is 12.1 Å². The van der Waals surface area contributed by atoms with Crippen LogP contribution in [0.4, 0.5) is 4.79 Å². The van der Waals surface area contributed by atoms with Crippen LogP contribution in [-0.4, -0.2) is 64.2 Å². The van der Waals surface area contributed by atoms with Gasteiger partial charge in [0, 0.05) is 36.7 Å². The summed E-state index contributed by atoms with van der Waals surface area (Å²) in [6, 6.07) is 16.3. The molecule has 0 bridgehead atoms. The zero-order valence-corrected chi connectivity index (χ0v) is 19.6. The molecule has 2 aromatic carbocycles. The summed E-state index contributed by atoms with van der Waals surface area (Å²) in [5.74, 6) is -0.533. The van der Waals surface area contributed by atoms with Gasteiger partial charge in [0.15, 0.2) is 0 Å². The Labute approximate surface area is 197 Å². The number of nitrogens with zero attached hydrogens (tertiary/aromatic N) is 1. The average molecular weight is 469 g/mol. The van der Waals surface area contributed by atoms with Crippen LogP contribution in [0, 0.1) is 0 Å². The highest BCUT2D eigenvalue weighted by Gasteiger charge is 2.33. The minimum Gasteiger partial charge on any atom is -0.480 e. The Balaban J connectivity index is 1.34. The van der Waals surface area contributed by atoms with Crippen molar-refractivity contribution in [2.24, 2.45) is 0 Å². The second-order valence-electron chi connectivity index (χ2n) is 9.05. The van der Waals surface area contributed by atoms with Crippen LogP contribution in [0.3, 0.4) is 0 Å². The Bertz CT molecular complexity index is 1020. The van der Waals surface area contributed by atoms with E-state index >= 15 is 0 Å². The largest absolute Gasteiger partial charge is 0.480 e. The number of alkyl carbamates (subject to hydrolysis) is 1. The van der Waals surface area contributed by atoms with E-state index < -0.39 is 22.9 Å². The van der Waals surface area contributed by atoms with Crippen LogP contribution in [0.5, 0.6) is 0 Å². The van der Waals surface area contributed by atoms with Gasteiger partial charge < -0.3 is 20.1 Å². The molecule has 174 valence electrons. The molecule has 1 fully saturated rings. The second-order valence-corrected chi connectivity index (χ2v) is 10.4. The smallest absolute Gasteiger partial charge is 0.407 e. The maximum Gasteiger partial charge on any atom is 0.407 e. The maximum absolute atomic E-state index is 12.7. The molecule has 1 aliphatic heterocycles. The fourth-order valence-electron chi connectivity index (χ4n) is 4.47. The molecule has 1 saturated heterocycles. The minimum absolute atomic E-state index is 0.0355. The number of nitrogens with one attached hydrogen (secondary N) is 1. The molecule has 2 amide bonds. The highest BCUT2D eigenvalue weighted by Crippen LogP contribution is 2.44. The third kappa shape index (κ3) is 5.16. The lowest BCUT2D eigenvalue weighted by Crippen LogP contribution is -2.50. The summed E-state index contributed by atoms with van der Waals surface area (Å²) in [5.41, 5.74) is 3.76. The van der Waals surface area contributed by atoms with Gasteiger partial charge in [0.2, 0.25) is 5.91 Å². The monoisotopic (exact) mass is 468 g/mol. The van der Waals surface area contributed by atoms with Gasteiger partial charge in [0.05, 0.1) is 0 Å². The van der Waals surface area contributed by atoms with Crippen LogP contribution in [0.1, 0.15) is 37.3 Å². The molecule has 2 aliphatic rings. The molecule has 0 saturated carbocycles. The first-order chi connectivity index (χ1) is 15.7. The summed E-state index contributed by atoms with van der Waals surface area (Å²) < 4.78 is 5.60. The highest BCUT2D eigenvalue weighted by atomic mass is 32.2. The summed E-state index contributed by atoms with van der Waals surface area (Å²) in [4.78, 5) is 38.2. The SMILES string of the molecule is CC(C)(CC(=O)N1CCSC(C(=O)O)C1)NC(=O)OCC1c2ccccc2-c2ccccc21. The number of thioether (sulfide) groups is 1. The van der Waals surface area contributed by atoms with Crippen molar-refractivity contribution in [2.45, 2.75) is 37.0 Å². The van der Waals surface area contributed by atoms with Crippen molar-refractivity contribution in [1.82, 2.24) is 10.2 Å². The van der Waals surface area contributed by atoms with Gasteiger partial charge in [0.1, 0.15) is 11.9 Å². The maximum atomic E-state index is 12.7. The Kier molecular flexibility index (Phi) is 6.65. The van der Waals surface area contributed by atoms with E-state index in [2.05, 4.69) is 29.6 Å². The van der Waals surface area contributed by atoms with Crippen LogP contribution < -0.4 is 5.32 Å². The zero-order chi connectivity index (χ0) is 23.6. The molecule has 1 aliphatic carbocycles. The fraction of sp³-hybridized carbons (Fsp3) is 0.400. The van der Waals surface area contributed by atoms with Gasteiger partial charge in [-0.1, -0.05) is 48.5 Å². The van der Waals surface area contributed by atoms with E-state index in [1.807, 2.05) is 24.3 Å². The number of carbonyl (C=O) groups is 3. The topological polar surface area (TPSA) is 95.9 Å². The molecular weight excluding hydrogens is 440 g/mol. The number of rotatable bonds is 6. The van der Waals surface area contributed by atoms with Gasteiger partial charge in [-0.2, -0.15) is 0 Å². The first-order valence-corrected chi connectivity index (χ1v) is 12.1. The number of hydrogen-bond donors (Lipinski definition) is 2. The molecular formula is C25H28N2O5S. The van der Waals surface area contributed by atoms with E-state index in [1.165, 1.54) is 11.8 Å². The average Bonchev–Trinajstić information content (AvgIpc) is 3.11. The number of amides is 2. The summed E-state index contributed by atoms with van der Waals surface area (Å²) in [6.45, 7) is 4.42. The van der Waals surface area contributed by atoms with E-state index in [0.717, 1.165) is 22.3 Å². The molecule has 1 heterocycles. The van der Waals surface area contributed by atoms with Gasteiger partial charge in [-0.25, -0.2) is 4.79 Å². The summed E-state index contributed by atoms with van der Waals surface area (Å²) in [5, 5.41) is 11.4. The highest BCUT2D eigenvalue weighted by molar-refractivity contribution is 8.00.